The summed E-state index contributed by atoms with van der Waals surface area (Å²) in [6, 6.07) is 0. The van der Waals surface area contributed by atoms with Crippen LogP contribution in [0.4, 0.5) is 0 Å². The number of nitrogens with two attached hydrogens (primary N) is 1. The Morgan fingerprint density at radius 1 is 1.18 bits per heavy atom. The fraction of sp³-hybridized carbons (Fsp3) is 0.846. The number of halogens is 2. The second-order valence-electron chi connectivity index (χ2n) is 4.89. The molecule has 132 valence electrons. The lowest BCUT2D eigenvalue weighted by atomic mass is 10.2. The van der Waals surface area contributed by atoms with Gasteiger partial charge in [-0.3, -0.25) is 14.5 Å². The molecule has 0 radical (unpaired) electrons. The molecular formula is C13H28Cl2N4O3. The number of ether oxygens (including phenoxy) is 1. The Hall–Kier alpha value is -0.600. The number of piperazine rings is 1. The van der Waals surface area contributed by atoms with Gasteiger partial charge in [0, 0.05) is 46.3 Å². The molecule has 0 aliphatic carbocycles. The van der Waals surface area contributed by atoms with Crippen molar-refractivity contribution in [2.45, 2.75) is 12.8 Å². The summed E-state index contributed by atoms with van der Waals surface area (Å²) in [5, 5.41) is 2.79. The molecule has 1 fully saturated rings. The Balaban J connectivity index is 0. The van der Waals surface area contributed by atoms with Gasteiger partial charge in [0.15, 0.2) is 0 Å². The molecule has 0 spiro atoms. The number of nitrogens with zero attached hydrogens (tertiary/aromatic N) is 2. The molecular weight excluding hydrogens is 331 g/mol. The molecule has 0 unspecified atom stereocenters. The number of carbonyl (C=O) groups is 2. The van der Waals surface area contributed by atoms with Crippen molar-refractivity contribution in [1.29, 1.82) is 0 Å². The zero-order chi connectivity index (χ0) is 14.8. The van der Waals surface area contributed by atoms with E-state index < -0.39 is 0 Å². The highest BCUT2D eigenvalue weighted by Gasteiger charge is 2.21. The quantitative estimate of drug-likeness (QED) is 0.569. The van der Waals surface area contributed by atoms with Gasteiger partial charge < -0.3 is 20.7 Å². The van der Waals surface area contributed by atoms with Gasteiger partial charge in [0.1, 0.15) is 0 Å². The summed E-state index contributed by atoms with van der Waals surface area (Å²) in [6.45, 7) is 4.85. The lowest BCUT2D eigenvalue weighted by molar-refractivity contribution is -0.133. The zero-order valence-corrected chi connectivity index (χ0v) is 14.7. The maximum Gasteiger partial charge on any atom is 0.234 e. The predicted octanol–water partition coefficient (Wildman–Crippen LogP) is -0.524. The minimum absolute atomic E-state index is 0. The van der Waals surface area contributed by atoms with E-state index in [1.54, 1.807) is 7.11 Å². The molecule has 0 saturated carbocycles. The Bertz CT molecular complexity index is 314. The highest BCUT2D eigenvalue weighted by atomic mass is 35.5. The van der Waals surface area contributed by atoms with Crippen LogP contribution in [0.25, 0.3) is 0 Å². The average molecular weight is 359 g/mol. The smallest absolute Gasteiger partial charge is 0.234 e. The molecule has 7 nitrogen and oxygen atoms in total. The van der Waals surface area contributed by atoms with E-state index in [9.17, 15) is 9.59 Å². The molecule has 0 atom stereocenters. The molecule has 0 bridgehead atoms. The van der Waals surface area contributed by atoms with E-state index in [2.05, 4.69) is 10.2 Å². The molecule has 0 aromatic carbocycles. The molecule has 0 aromatic rings. The summed E-state index contributed by atoms with van der Waals surface area (Å²) in [5.74, 6) is 0.171. The second kappa shape index (κ2) is 14.0. The summed E-state index contributed by atoms with van der Waals surface area (Å²) < 4.78 is 4.87. The molecule has 22 heavy (non-hydrogen) atoms. The van der Waals surface area contributed by atoms with Crippen molar-refractivity contribution in [2.24, 2.45) is 5.73 Å². The molecule has 9 heteroatoms. The minimum Gasteiger partial charge on any atom is -0.383 e. The number of hydrogen-bond donors (Lipinski definition) is 2. The highest BCUT2D eigenvalue weighted by Crippen LogP contribution is 2.04. The van der Waals surface area contributed by atoms with E-state index in [4.69, 9.17) is 10.5 Å². The van der Waals surface area contributed by atoms with E-state index in [1.807, 2.05) is 4.90 Å². The summed E-state index contributed by atoms with van der Waals surface area (Å²) in [7, 11) is 1.60. The SMILES string of the molecule is COCCNC(=O)CN1CCN(C(=O)CCCN)CC1.Cl.Cl. The van der Waals surface area contributed by atoms with Gasteiger partial charge in [0.25, 0.3) is 0 Å². The lowest BCUT2D eigenvalue weighted by Gasteiger charge is -2.34. The van der Waals surface area contributed by atoms with Crippen LogP contribution in [0.2, 0.25) is 0 Å². The first kappa shape index (κ1) is 23.7. The van der Waals surface area contributed by atoms with E-state index in [1.165, 1.54) is 0 Å². The fourth-order valence-corrected chi connectivity index (χ4v) is 2.12. The van der Waals surface area contributed by atoms with Crippen molar-refractivity contribution < 1.29 is 14.3 Å². The van der Waals surface area contributed by atoms with Crippen molar-refractivity contribution in [3.05, 3.63) is 0 Å². The van der Waals surface area contributed by atoms with E-state index in [0.717, 1.165) is 19.5 Å². The zero-order valence-electron chi connectivity index (χ0n) is 13.1. The Labute approximate surface area is 144 Å². The van der Waals surface area contributed by atoms with Crippen LogP contribution < -0.4 is 11.1 Å². The maximum atomic E-state index is 11.8. The van der Waals surface area contributed by atoms with Gasteiger partial charge in [-0.15, -0.1) is 24.8 Å². The third-order valence-corrected chi connectivity index (χ3v) is 3.32. The van der Waals surface area contributed by atoms with Crippen molar-refractivity contribution in [1.82, 2.24) is 15.1 Å². The van der Waals surface area contributed by atoms with Crippen LogP contribution in [0.1, 0.15) is 12.8 Å². The Morgan fingerprint density at radius 2 is 1.82 bits per heavy atom. The molecule has 3 N–H and O–H groups in total. The number of nitrogens with one attached hydrogen (secondary N) is 1. The maximum absolute atomic E-state index is 11.8. The van der Waals surface area contributed by atoms with Gasteiger partial charge in [-0.25, -0.2) is 0 Å². The average Bonchev–Trinajstić information content (AvgIpc) is 2.46. The van der Waals surface area contributed by atoms with Gasteiger partial charge in [-0.1, -0.05) is 0 Å². The Morgan fingerprint density at radius 3 is 2.36 bits per heavy atom. The number of carbonyl (C=O) groups excluding carboxylic acids is 2. The second-order valence-corrected chi connectivity index (χ2v) is 4.89. The Kier molecular flexibility index (Phi) is 15.1. The first-order chi connectivity index (χ1) is 9.67. The largest absolute Gasteiger partial charge is 0.383 e. The van der Waals surface area contributed by atoms with Crippen molar-refractivity contribution >= 4 is 36.6 Å². The molecule has 2 amide bonds. The topological polar surface area (TPSA) is 87.9 Å². The van der Waals surface area contributed by atoms with E-state index in [0.29, 0.717) is 45.8 Å². The van der Waals surface area contributed by atoms with Gasteiger partial charge in [0.2, 0.25) is 11.8 Å². The van der Waals surface area contributed by atoms with Crippen LogP contribution in [0, 0.1) is 0 Å². The van der Waals surface area contributed by atoms with Crippen molar-refractivity contribution in [3.63, 3.8) is 0 Å². The predicted molar refractivity (Wildman–Crippen MR) is 90.7 cm³/mol. The third kappa shape index (κ3) is 9.42. The van der Waals surface area contributed by atoms with Crippen LogP contribution in [0.3, 0.4) is 0 Å². The van der Waals surface area contributed by atoms with Gasteiger partial charge in [-0.2, -0.15) is 0 Å². The van der Waals surface area contributed by atoms with Crippen LogP contribution in [-0.4, -0.2) is 81.1 Å². The van der Waals surface area contributed by atoms with Crippen LogP contribution in [0.5, 0.6) is 0 Å². The first-order valence-electron chi connectivity index (χ1n) is 7.13. The number of methoxy groups -OCH3 is 1. The van der Waals surface area contributed by atoms with Gasteiger partial charge in [0.05, 0.1) is 13.2 Å². The molecule has 1 saturated heterocycles. The number of amides is 2. The molecule has 1 aliphatic rings. The van der Waals surface area contributed by atoms with Crippen LogP contribution in [0.15, 0.2) is 0 Å². The highest BCUT2D eigenvalue weighted by molar-refractivity contribution is 5.85. The monoisotopic (exact) mass is 358 g/mol. The standard InChI is InChI=1S/C13H26N4O3.2ClH/c1-20-10-5-15-12(18)11-16-6-8-17(9-7-16)13(19)3-2-4-14;;/h2-11,14H2,1H3,(H,15,18);2*1H. The van der Waals surface area contributed by atoms with E-state index in [-0.39, 0.29) is 36.6 Å². The summed E-state index contributed by atoms with van der Waals surface area (Å²) in [5.41, 5.74) is 5.40. The fourth-order valence-electron chi connectivity index (χ4n) is 2.12. The summed E-state index contributed by atoms with van der Waals surface area (Å²) >= 11 is 0. The minimum atomic E-state index is 0. The first-order valence-corrected chi connectivity index (χ1v) is 7.13. The summed E-state index contributed by atoms with van der Waals surface area (Å²) in [6.07, 6.45) is 1.26. The molecule has 0 aromatic heterocycles. The normalized spacial score (nSPS) is 14.7. The van der Waals surface area contributed by atoms with Gasteiger partial charge >= 0.3 is 0 Å². The molecule has 1 heterocycles. The van der Waals surface area contributed by atoms with Gasteiger partial charge in [-0.05, 0) is 13.0 Å². The van der Waals surface area contributed by atoms with Crippen LogP contribution in [-0.2, 0) is 14.3 Å². The third-order valence-electron chi connectivity index (χ3n) is 3.32. The molecule has 1 aliphatic heterocycles. The lowest BCUT2D eigenvalue weighted by Crippen LogP contribution is -2.51. The van der Waals surface area contributed by atoms with Crippen molar-refractivity contribution in [2.75, 3.05) is 59.5 Å². The van der Waals surface area contributed by atoms with E-state index >= 15 is 0 Å². The van der Waals surface area contributed by atoms with Crippen LogP contribution >= 0.6 is 24.8 Å². The number of hydrogen-bond acceptors (Lipinski definition) is 5. The summed E-state index contributed by atoms with van der Waals surface area (Å²) in [4.78, 5) is 27.4. The van der Waals surface area contributed by atoms with Crippen molar-refractivity contribution in [3.8, 4) is 0 Å². The number of rotatable bonds is 8. The molecule has 1 rings (SSSR count).